The van der Waals surface area contributed by atoms with Gasteiger partial charge in [0.05, 0.1) is 5.02 Å². The zero-order valence-corrected chi connectivity index (χ0v) is 11.1. The number of nitrogen functional groups attached to an aromatic ring is 1. The first-order chi connectivity index (χ1) is 9.65. The van der Waals surface area contributed by atoms with Crippen LogP contribution < -0.4 is 10.5 Å². The Morgan fingerprint density at radius 1 is 1.10 bits per heavy atom. The molecule has 5 heteroatoms. The average molecular weight is 289 g/mol. The second-order valence-electron chi connectivity index (χ2n) is 4.25. The van der Waals surface area contributed by atoms with Gasteiger partial charge in [0, 0.05) is 34.9 Å². The number of aromatic nitrogens is 1. The van der Waals surface area contributed by atoms with Gasteiger partial charge < -0.3 is 10.5 Å². The largest absolute Gasteiger partial charge is 0.457 e. The van der Waals surface area contributed by atoms with Gasteiger partial charge in [0.25, 0.3) is 0 Å². The second kappa shape index (κ2) is 4.98. The molecule has 1 heterocycles. The maximum Gasteiger partial charge on any atom is 0.145 e. The first kappa shape index (κ1) is 12.7. The maximum atomic E-state index is 13.4. The van der Waals surface area contributed by atoms with Gasteiger partial charge in [0.15, 0.2) is 0 Å². The second-order valence-corrected chi connectivity index (χ2v) is 4.66. The van der Waals surface area contributed by atoms with Gasteiger partial charge in [-0.1, -0.05) is 11.6 Å². The van der Waals surface area contributed by atoms with Gasteiger partial charge in [-0.3, -0.25) is 4.98 Å². The summed E-state index contributed by atoms with van der Waals surface area (Å²) in [5.41, 5.74) is 6.54. The van der Waals surface area contributed by atoms with Crippen molar-refractivity contribution in [1.82, 2.24) is 4.98 Å². The van der Waals surface area contributed by atoms with Crippen LogP contribution in [0.15, 0.2) is 48.8 Å². The molecule has 0 unspecified atom stereocenters. The lowest BCUT2D eigenvalue weighted by Gasteiger charge is -2.10. The molecule has 0 radical (unpaired) electrons. The first-order valence-electron chi connectivity index (χ1n) is 5.90. The van der Waals surface area contributed by atoms with Crippen LogP contribution in [0, 0.1) is 5.82 Å². The van der Waals surface area contributed by atoms with E-state index in [1.807, 2.05) is 0 Å². The fraction of sp³-hybridized carbons (Fsp3) is 0. The minimum atomic E-state index is -0.526. The van der Waals surface area contributed by atoms with Crippen LogP contribution >= 0.6 is 11.6 Å². The summed E-state index contributed by atoms with van der Waals surface area (Å²) in [6.07, 6.45) is 3.32. The summed E-state index contributed by atoms with van der Waals surface area (Å²) in [5, 5.41) is 1.66. The molecule has 0 saturated carbocycles. The Hall–Kier alpha value is -2.33. The lowest BCUT2D eigenvalue weighted by atomic mass is 10.1. The zero-order valence-electron chi connectivity index (χ0n) is 10.3. The molecule has 0 saturated heterocycles. The van der Waals surface area contributed by atoms with Crippen LogP contribution in [-0.4, -0.2) is 4.98 Å². The van der Waals surface area contributed by atoms with Gasteiger partial charge in [0.2, 0.25) is 0 Å². The Labute approximate surface area is 119 Å². The van der Waals surface area contributed by atoms with Crippen molar-refractivity contribution >= 4 is 28.1 Å². The SMILES string of the molecule is Nc1ccc(Oc2ccc(Cl)c(F)c2)c2cnccc12. The summed E-state index contributed by atoms with van der Waals surface area (Å²) < 4.78 is 19.1. The highest BCUT2D eigenvalue weighted by molar-refractivity contribution is 6.30. The molecule has 0 aliphatic rings. The lowest BCUT2D eigenvalue weighted by Crippen LogP contribution is -1.92. The van der Waals surface area contributed by atoms with Crippen LogP contribution in [0.1, 0.15) is 0 Å². The van der Waals surface area contributed by atoms with Crippen molar-refractivity contribution in [3.8, 4) is 11.5 Å². The average Bonchev–Trinajstić information content (AvgIpc) is 2.46. The van der Waals surface area contributed by atoms with Gasteiger partial charge in [-0.25, -0.2) is 4.39 Å². The molecule has 0 spiro atoms. The van der Waals surface area contributed by atoms with Crippen LogP contribution in [0.3, 0.4) is 0 Å². The fourth-order valence-corrected chi connectivity index (χ4v) is 2.06. The van der Waals surface area contributed by atoms with E-state index < -0.39 is 5.82 Å². The summed E-state index contributed by atoms with van der Waals surface area (Å²) in [7, 11) is 0. The number of halogens is 2. The van der Waals surface area contributed by atoms with Crippen molar-refractivity contribution in [1.29, 1.82) is 0 Å². The van der Waals surface area contributed by atoms with Gasteiger partial charge >= 0.3 is 0 Å². The van der Waals surface area contributed by atoms with Crippen LogP contribution in [0.25, 0.3) is 10.8 Å². The molecule has 100 valence electrons. The highest BCUT2D eigenvalue weighted by Gasteiger charge is 2.08. The summed E-state index contributed by atoms with van der Waals surface area (Å²) in [4.78, 5) is 4.06. The summed E-state index contributed by atoms with van der Waals surface area (Å²) in [6, 6.07) is 9.56. The Bertz CT molecular complexity index is 792. The Morgan fingerprint density at radius 3 is 2.75 bits per heavy atom. The van der Waals surface area contributed by atoms with Crippen LogP contribution in [0.5, 0.6) is 11.5 Å². The van der Waals surface area contributed by atoms with Crippen LogP contribution in [0.4, 0.5) is 10.1 Å². The van der Waals surface area contributed by atoms with Crippen molar-refractivity contribution in [2.45, 2.75) is 0 Å². The number of pyridine rings is 1. The third-order valence-electron chi connectivity index (χ3n) is 2.93. The first-order valence-corrected chi connectivity index (χ1v) is 6.28. The number of rotatable bonds is 2. The topological polar surface area (TPSA) is 48.1 Å². The predicted molar refractivity (Wildman–Crippen MR) is 77.6 cm³/mol. The van der Waals surface area contributed by atoms with E-state index in [4.69, 9.17) is 22.1 Å². The molecule has 1 aromatic heterocycles. The van der Waals surface area contributed by atoms with Gasteiger partial charge in [-0.05, 0) is 30.3 Å². The third kappa shape index (κ3) is 2.26. The molecule has 3 rings (SSSR count). The predicted octanol–water partition coefficient (Wildman–Crippen LogP) is 4.40. The number of fused-ring (bicyclic) bond motifs is 1. The van der Waals surface area contributed by atoms with Gasteiger partial charge in [-0.2, -0.15) is 0 Å². The van der Waals surface area contributed by atoms with E-state index >= 15 is 0 Å². The molecule has 3 nitrogen and oxygen atoms in total. The highest BCUT2D eigenvalue weighted by atomic mass is 35.5. The zero-order chi connectivity index (χ0) is 14.1. The molecule has 20 heavy (non-hydrogen) atoms. The highest BCUT2D eigenvalue weighted by Crippen LogP contribution is 2.33. The molecule has 0 aliphatic carbocycles. The van der Waals surface area contributed by atoms with Crippen molar-refractivity contribution in [3.05, 3.63) is 59.6 Å². The van der Waals surface area contributed by atoms with Gasteiger partial charge in [-0.15, -0.1) is 0 Å². The standard InChI is InChI=1S/C15H10ClFN2O/c16-12-2-1-9(7-13(12)17)20-15-4-3-14(18)10-5-6-19-8-11(10)15/h1-8H,18H2. The molecular weight excluding hydrogens is 279 g/mol. The minimum Gasteiger partial charge on any atom is -0.457 e. The van der Waals surface area contributed by atoms with Crippen molar-refractivity contribution in [2.24, 2.45) is 0 Å². The fourth-order valence-electron chi connectivity index (χ4n) is 1.94. The van der Waals surface area contributed by atoms with E-state index in [9.17, 15) is 4.39 Å². The minimum absolute atomic E-state index is 0.0566. The number of benzene rings is 2. The molecule has 0 atom stereocenters. The molecule has 0 fully saturated rings. The Balaban J connectivity index is 2.06. The molecule has 0 amide bonds. The number of ether oxygens (including phenoxy) is 1. The number of anilines is 1. The van der Waals surface area contributed by atoms with Gasteiger partial charge in [0.1, 0.15) is 17.3 Å². The third-order valence-corrected chi connectivity index (χ3v) is 3.24. The lowest BCUT2D eigenvalue weighted by molar-refractivity contribution is 0.482. The van der Waals surface area contributed by atoms with E-state index in [0.717, 1.165) is 10.8 Å². The summed E-state index contributed by atoms with van der Waals surface area (Å²) in [6.45, 7) is 0. The number of nitrogens with two attached hydrogens (primary N) is 1. The normalized spacial score (nSPS) is 10.7. The van der Waals surface area contributed by atoms with Crippen molar-refractivity contribution in [2.75, 3.05) is 5.73 Å². The molecule has 2 N–H and O–H groups in total. The molecule has 3 aromatic rings. The maximum absolute atomic E-state index is 13.4. The van der Waals surface area contributed by atoms with Crippen molar-refractivity contribution in [3.63, 3.8) is 0 Å². The smallest absolute Gasteiger partial charge is 0.145 e. The quantitative estimate of drug-likeness (QED) is 0.711. The van der Waals surface area contributed by atoms with Crippen LogP contribution in [0.2, 0.25) is 5.02 Å². The van der Waals surface area contributed by atoms with Crippen molar-refractivity contribution < 1.29 is 9.13 Å². The molecule has 0 bridgehead atoms. The molecule has 2 aromatic carbocycles. The monoisotopic (exact) mass is 288 g/mol. The Morgan fingerprint density at radius 2 is 1.95 bits per heavy atom. The van der Waals surface area contributed by atoms with Crippen LogP contribution in [-0.2, 0) is 0 Å². The van der Waals surface area contributed by atoms with E-state index in [-0.39, 0.29) is 5.02 Å². The Kier molecular flexibility index (Phi) is 3.16. The number of nitrogens with zero attached hydrogens (tertiary/aromatic N) is 1. The summed E-state index contributed by atoms with van der Waals surface area (Å²) >= 11 is 5.64. The van der Waals surface area contributed by atoms with E-state index in [1.54, 1.807) is 36.7 Å². The van der Waals surface area contributed by atoms with E-state index in [1.165, 1.54) is 12.1 Å². The number of hydrogen-bond acceptors (Lipinski definition) is 3. The van der Waals surface area contributed by atoms with E-state index in [0.29, 0.717) is 17.2 Å². The molecule has 0 aliphatic heterocycles. The number of hydrogen-bond donors (Lipinski definition) is 1. The summed E-state index contributed by atoms with van der Waals surface area (Å²) in [5.74, 6) is 0.396. The van der Waals surface area contributed by atoms with E-state index in [2.05, 4.69) is 4.98 Å². The molecular formula is C15H10ClFN2O.